The number of ether oxygens (including phenoxy) is 3. The molecule has 1 N–H and O–H groups in total. The Labute approximate surface area is 149 Å². The number of methoxy groups -OCH3 is 1. The molecule has 1 aromatic carbocycles. The Morgan fingerprint density at radius 2 is 2.04 bits per heavy atom. The average molecular weight is 364 g/mol. The van der Waals surface area contributed by atoms with E-state index in [4.69, 9.17) is 9.47 Å². The Balaban J connectivity index is 2.02. The van der Waals surface area contributed by atoms with Crippen LogP contribution in [0.1, 0.15) is 32.9 Å². The van der Waals surface area contributed by atoms with Crippen LogP contribution >= 0.6 is 11.3 Å². The van der Waals surface area contributed by atoms with Crippen molar-refractivity contribution >= 4 is 29.1 Å². The number of carbonyl (C=O) groups excluding carboxylic acids is 2. The van der Waals surface area contributed by atoms with E-state index in [1.54, 1.807) is 32.0 Å². The molecule has 0 saturated carbocycles. The van der Waals surface area contributed by atoms with Gasteiger partial charge in [0.15, 0.2) is 0 Å². The van der Waals surface area contributed by atoms with Crippen LogP contribution in [-0.2, 0) is 16.1 Å². The fourth-order valence-corrected chi connectivity index (χ4v) is 2.94. The maximum atomic E-state index is 11.8. The summed E-state index contributed by atoms with van der Waals surface area (Å²) in [6.07, 6.45) is -0.526. The highest BCUT2D eigenvalue weighted by molar-refractivity contribution is 7.13. The third-order valence-electron chi connectivity index (χ3n) is 3.28. The van der Waals surface area contributed by atoms with Crippen molar-refractivity contribution < 1.29 is 23.8 Å². The molecule has 0 unspecified atom stereocenters. The molecule has 1 amide bonds. The van der Waals surface area contributed by atoms with Gasteiger partial charge in [-0.2, -0.15) is 0 Å². The quantitative estimate of drug-likeness (QED) is 0.787. The van der Waals surface area contributed by atoms with Gasteiger partial charge in [-0.3, -0.25) is 5.32 Å². The molecule has 0 radical (unpaired) electrons. The molecule has 0 saturated heterocycles. The average Bonchev–Trinajstić information content (AvgIpc) is 2.96. The highest BCUT2D eigenvalue weighted by atomic mass is 32.1. The largest absolute Gasteiger partial charge is 0.486 e. The normalized spacial score (nSPS) is 10.2. The molecule has 0 spiro atoms. The molecule has 0 atom stereocenters. The Bertz CT molecular complexity index is 772. The van der Waals surface area contributed by atoms with Gasteiger partial charge in [0.05, 0.1) is 19.4 Å². The van der Waals surface area contributed by atoms with Crippen molar-refractivity contribution in [3.05, 3.63) is 39.3 Å². The Morgan fingerprint density at radius 1 is 1.28 bits per heavy atom. The van der Waals surface area contributed by atoms with Gasteiger partial charge in [-0.25, -0.2) is 14.6 Å². The van der Waals surface area contributed by atoms with Gasteiger partial charge in [0, 0.05) is 5.69 Å². The minimum atomic E-state index is -0.526. The lowest BCUT2D eigenvalue weighted by atomic mass is 10.2. The zero-order valence-corrected chi connectivity index (χ0v) is 15.4. The maximum absolute atomic E-state index is 11.8. The van der Waals surface area contributed by atoms with Crippen molar-refractivity contribution in [2.45, 2.75) is 27.4 Å². The van der Waals surface area contributed by atoms with Gasteiger partial charge in [-0.1, -0.05) is 0 Å². The van der Waals surface area contributed by atoms with Crippen LogP contribution in [0.4, 0.5) is 10.5 Å². The van der Waals surface area contributed by atoms with Crippen LogP contribution in [0.25, 0.3) is 0 Å². The number of nitrogens with zero attached hydrogens (tertiary/aromatic N) is 1. The zero-order chi connectivity index (χ0) is 18.4. The number of hydrogen-bond acceptors (Lipinski definition) is 7. The lowest BCUT2D eigenvalue weighted by Gasteiger charge is -2.10. The van der Waals surface area contributed by atoms with E-state index in [0.29, 0.717) is 33.6 Å². The first kappa shape index (κ1) is 18.7. The molecule has 8 heteroatoms. The summed E-state index contributed by atoms with van der Waals surface area (Å²) in [6, 6.07) is 5.28. The first-order valence-corrected chi connectivity index (χ1v) is 8.48. The van der Waals surface area contributed by atoms with Crippen molar-refractivity contribution in [3.63, 3.8) is 0 Å². The van der Waals surface area contributed by atoms with Crippen LogP contribution in [0.5, 0.6) is 5.75 Å². The number of nitrogens with one attached hydrogen (secondary N) is 1. The van der Waals surface area contributed by atoms with Gasteiger partial charge in [0.1, 0.15) is 22.2 Å². The number of rotatable bonds is 6. The van der Waals surface area contributed by atoms with Crippen LogP contribution in [0.15, 0.2) is 18.2 Å². The van der Waals surface area contributed by atoms with Crippen LogP contribution in [-0.4, -0.2) is 30.8 Å². The second kappa shape index (κ2) is 8.48. The van der Waals surface area contributed by atoms with E-state index in [-0.39, 0.29) is 12.6 Å². The highest BCUT2D eigenvalue weighted by Crippen LogP contribution is 2.24. The predicted molar refractivity (Wildman–Crippen MR) is 94.3 cm³/mol. The molecule has 0 fully saturated rings. The lowest BCUT2D eigenvalue weighted by Crippen LogP contribution is -2.11. The number of thiazole rings is 1. The zero-order valence-electron chi connectivity index (χ0n) is 14.5. The van der Waals surface area contributed by atoms with E-state index >= 15 is 0 Å². The third kappa shape index (κ3) is 4.93. The smallest absolute Gasteiger partial charge is 0.411 e. The summed E-state index contributed by atoms with van der Waals surface area (Å²) in [4.78, 5) is 27.9. The number of amides is 1. The van der Waals surface area contributed by atoms with E-state index in [9.17, 15) is 9.59 Å². The standard InChI is InChI=1S/C17H20N2O5S/c1-5-23-16(20)15-11(3)18-14(25-15)9-24-12-6-7-13(10(2)8-12)19-17(21)22-4/h6-8H,5,9H2,1-4H3,(H,19,21). The second-order valence-electron chi connectivity index (χ2n) is 5.12. The van der Waals surface area contributed by atoms with Gasteiger partial charge >= 0.3 is 12.1 Å². The van der Waals surface area contributed by atoms with Crippen LogP contribution in [0, 0.1) is 13.8 Å². The van der Waals surface area contributed by atoms with Crippen molar-refractivity contribution in [3.8, 4) is 5.75 Å². The summed E-state index contributed by atoms with van der Waals surface area (Å²) in [6.45, 7) is 5.95. The minimum Gasteiger partial charge on any atom is -0.486 e. The maximum Gasteiger partial charge on any atom is 0.411 e. The van der Waals surface area contributed by atoms with Crippen LogP contribution < -0.4 is 10.1 Å². The van der Waals surface area contributed by atoms with Crippen molar-refractivity contribution in [2.75, 3.05) is 19.0 Å². The Hall–Kier alpha value is -2.61. The third-order valence-corrected chi connectivity index (χ3v) is 4.39. The molecular formula is C17H20N2O5S. The molecule has 1 heterocycles. The van der Waals surface area contributed by atoms with E-state index in [1.807, 2.05) is 6.92 Å². The number of anilines is 1. The first-order chi connectivity index (χ1) is 11.9. The molecule has 0 aliphatic heterocycles. The lowest BCUT2D eigenvalue weighted by molar-refractivity contribution is 0.0531. The number of esters is 1. The second-order valence-corrected chi connectivity index (χ2v) is 6.21. The highest BCUT2D eigenvalue weighted by Gasteiger charge is 2.16. The number of benzene rings is 1. The first-order valence-electron chi connectivity index (χ1n) is 7.66. The number of hydrogen-bond donors (Lipinski definition) is 1. The summed E-state index contributed by atoms with van der Waals surface area (Å²) >= 11 is 1.26. The van der Waals surface area contributed by atoms with Crippen molar-refractivity contribution in [1.29, 1.82) is 0 Å². The monoisotopic (exact) mass is 364 g/mol. The van der Waals surface area contributed by atoms with E-state index in [0.717, 1.165) is 5.56 Å². The van der Waals surface area contributed by atoms with E-state index < -0.39 is 6.09 Å². The fraction of sp³-hybridized carbons (Fsp3) is 0.353. The molecule has 1 aromatic heterocycles. The number of carbonyl (C=O) groups is 2. The molecule has 2 aromatic rings. The summed E-state index contributed by atoms with van der Waals surface area (Å²) in [5.41, 5.74) is 2.12. The SMILES string of the molecule is CCOC(=O)c1sc(COc2ccc(NC(=O)OC)c(C)c2)nc1C. The van der Waals surface area contributed by atoms with Gasteiger partial charge in [0.2, 0.25) is 0 Å². The van der Waals surface area contributed by atoms with Crippen molar-refractivity contribution in [1.82, 2.24) is 4.98 Å². The molecule has 0 aliphatic rings. The van der Waals surface area contributed by atoms with Gasteiger partial charge < -0.3 is 14.2 Å². The fourth-order valence-electron chi connectivity index (χ4n) is 2.07. The summed E-state index contributed by atoms with van der Waals surface area (Å²) in [5.74, 6) is 0.274. The summed E-state index contributed by atoms with van der Waals surface area (Å²) < 4.78 is 15.3. The Morgan fingerprint density at radius 3 is 2.68 bits per heavy atom. The molecule has 0 aliphatic carbocycles. The predicted octanol–water partition coefficient (Wildman–Crippen LogP) is 3.69. The molecule has 134 valence electrons. The topological polar surface area (TPSA) is 86.8 Å². The van der Waals surface area contributed by atoms with Crippen LogP contribution in [0.3, 0.4) is 0 Å². The summed E-state index contributed by atoms with van der Waals surface area (Å²) in [5, 5.41) is 3.31. The molecular weight excluding hydrogens is 344 g/mol. The molecule has 7 nitrogen and oxygen atoms in total. The Kier molecular flexibility index (Phi) is 6.35. The van der Waals surface area contributed by atoms with Gasteiger partial charge in [-0.15, -0.1) is 11.3 Å². The van der Waals surface area contributed by atoms with Gasteiger partial charge in [-0.05, 0) is 44.5 Å². The van der Waals surface area contributed by atoms with Crippen LogP contribution in [0.2, 0.25) is 0 Å². The molecule has 2 rings (SSSR count). The summed E-state index contributed by atoms with van der Waals surface area (Å²) in [7, 11) is 1.31. The van der Waals surface area contributed by atoms with Crippen molar-refractivity contribution in [2.24, 2.45) is 0 Å². The minimum absolute atomic E-state index is 0.244. The number of aryl methyl sites for hydroxylation is 2. The van der Waals surface area contributed by atoms with E-state index in [1.165, 1.54) is 18.4 Å². The van der Waals surface area contributed by atoms with E-state index in [2.05, 4.69) is 15.0 Å². The molecule has 0 bridgehead atoms. The molecule has 25 heavy (non-hydrogen) atoms. The number of aromatic nitrogens is 1. The van der Waals surface area contributed by atoms with Gasteiger partial charge in [0.25, 0.3) is 0 Å².